The number of rotatable bonds is 1. The van der Waals surface area contributed by atoms with E-state index in [-0.39, 0.29) is 5.66 Å². The Hall–Kier alpha value is -1.35. The molecule has 1 aliphatic rings. The van der Waals surface area contributed by atoms with Gasteiger partial charge in [-0.3, -0.25) is 0 Å². The van der Waals surface area contributed by atoms with Crippen molar-refractivity contribution in [3.63, 3.8) is 0 Å². The Bertz CT molecular complexity index is 406. The molecule has 0 amide bonds. The maximum absolute atomic E-state index is 5.84. The highest BCUT2D eigenvalue weighted by Crippen LogP contribution is 2.26. The van der Waals surface area contributed by atoms with Crippen LogP contribution in [0, 0.1) is 0 Å². The average molecular weight is 222 g/mol. The van der Waals surface area contributed by atoms with Crippen molar-refractivity contribution in [2.45, 2.75) is 19.5 Å². The summed E-state index contributed by atoms with van der Waals surface area (Å²) < 4.78 is 0. The molecule has 0 fully saturated rings. The SMILES string of the molecule is CC1(C)N=CN=CN1c1ccc(Cl)cc1. The standard InChI is InChI=1S/C11H12ClN3/c1-11(2)14-7-13-8-15(11)10-5-3-9(12)4-6-10/h3-8H,1-2H3. The smallest absolute Gasteiger partial charge is 0.133 e. The van der Waals surface area contributed by atoms with Gasteiger partial charge in [0.1, 0.15) is 12.0 Å². The fourth-order valence-electron chi connectivity index (χ4n) is 1.46. The van der Waals surface area contributed by atoms with E-state index in [2.05, 4.69) is 9.98 Å². The molecule has 0 saturated carbocycles. The normalized spacial score (nSPS) is 18.2. The van der Waals surface area contributed by atoms with E-state index in [1.807, 2.05) is 43.0 Å². The Balaban J connectivity index is 2.35. The molecule has 1 aliphatic heterocycles. The van der Waals surface area contributed by atoms with Gasteiger partial charge in [-0.2, -0.15) is 0 Å². The Morgan fingerprint density at radius 1 is 1.20 bits per heavy atom. The van der Waals surface area contributed by atoms with Crippen LogP contribution in [0.1, 0.15) is 13.8 Å². The molecule has 0 atom stereocenters. The largest absolute Gasteiger partial charge is 0.307 e. The van der Waals surface area contributed by atoms with Crippen molar-refractivity contribution in [1.82, 2.24) is 0 Å². The molecule has 0 saturated heterocycles. The van der Waals surface area contributed by atoms with E-state index in [1.165, 1.54) is 0 Å². The average Bonchev–Trinajstić information content (AvgIpc) is 2.19. The molecule has 1 aromatic carbocycles. The molecule has 0 aliphatic carbocycles. The van der Waals surface area contributed by atoms with Gasteiger partial charge in [0.2, 0.25) is 0 Å². The summed E-state index contributed by atoms with van der Waals surface area (Å²) in [5, 5.41) is 0.731. The van der Waals surface area contributed by atoms with Crippen LogP contribution in [0.3, 0.4) is 0 Å². The van der Waals surface area contributed by atoms with Gasteiger partial charge in [-0.15, -0.1) is 0 Å². The minimum atomic E-state index is -0.296. The minimum absolute atomic E-state index is 0.296. The van der Waals surface area contributed by atoms with Gasteiger partial charge in [0.25, 0.3) is 0 Å². The second-order valence-electron chi connectivity index (χ2n) is 3.85. The topological polar surface area (TPSA) is 28.0 Å². The van der Waals surface area contributed by atoms with E-state index >= 15 is 0 Å². The first-order valence-electron chi connectivity index (χ1n) is 4.71. The van der Waals surface area contributed by atoms with Crippen LogP contribution in [0.5, 0.6) is 0 Å². The molecule has 0 spiro atoms. The lowest BCUT2D eigenvalue weighted by Gasteiger charge is -2.35. The Morgan fingerprint density at radius 3 is 2.47 bits per heavy atom. The monoisotopic (exact) mass is 221 g/mol. The number of halogens is 1. The van der Waals surface area contributed by atoms with Crippen LogP contribution in [0.25, 0.3) is 0 Å². The van der Waals surface area contributed by atoms with Crippen LogP contribution >= 0.6 is 11.6 Å². The van der Waals surface area contributed by atoms with E-state index in [0.717, 1.165) is 10.7 Å². The molecular weight excluding hydrogens is 210 g/mol. The zero-order chi connectivity index (χ0) is 10.9. The first-order chi connectivity index (χ1) is 7.09. The van der Waals surface area contributed by atoms with Gasteiger partial charge >= 0.3 is 0 Å². The molecule has 78 valence electrons. The van der Waals surface area contributed by atoms with Crippen molar-refractivity contribution >= 4 is 30.0 Å². The second-order valence-corrected chi connectivity index (χ2v) is 4.29. The highest BCUT2D eigenvalue weighted by Gasteiger charge is 2.26. The van der Waals surface area contributed by atoms with Gasteiger partial charge in [-0.1, -0.05) is 11.6 Å². The van der Waals surface area contributed by atoms with E-state index in [9.17, 15) is 0 Å². The van der Waals surface area contributed by atoms with Crippen molar-refractivity contribution in [3.05, 3.63) is 29.3 Å². The third-order valence-corrected chi connectivity index (χ3v) is 2.57. The third kappa shape index (κ3) is 2.02. The van der Waals surface area contributed by atoms with Crippen LogP contribution in [-0.4, -0.2) is 18.3 Å². The van der Waals surface area contributed by atoms with Crippen molar-refractivity contribution in [1.29, 1.82) is 0 Å². The van der Waals surface area contributed by atoms with Crippen molar-refractivity contribution in [3.8, 4) is 0 Å². The van der Waals surface area contributed by atoms with E-state index in [4.69, 9.17) is 11.6 Å². The molecule has 1 heterocycles. The van der Waals surface area contributed by atoms with Gasteiger partial charge in [0.15, 0.2) is 0 Å². The summed E-state index contributed by atoms with van der Waals surface area (Å²) in [5.41, 5.74) is 0.736. The zero-order valence-electron chi connectivity index (χ0n) is 8.68. The summed E-state index contributed by atoms with van der Waals surface area (Å²) in [4.78, 5) is 10.3. The minimum Gasteiger partial charge on any atom is -0.307 e. The van der Waals surface area contributed by atoms with Crippen LogP contribution in [0.4, 0.5) is 5.69 Å². The van der Waals surface area contributed by atoms with Gasteiger partial charge in [-0.25, -0.2) is 9.98 Å². The molecule has 1 aromatic rings. The predicted octanol–water partition coefficient (Wildman–Crippen LogP) is 2.95. The number of hydrogen-bond acceptors (Lipinski definition) is 3. The summed E-state index contributed by atoms with van der Waals surface area (Å²) in [6.45, 7) is 4.06. The number of nitrogens with zero attached hydrogens (tertiary/aromatic N) is 3. The van der Waals surface area contributed by atoms with Crippen LogP contribution in [-0.2, 0) is 0 Å². The highest BCUT2D eigenvalue weighted by atomic mass is 35.5. The lowest BCUT2D eigenvalue weighted by Crippen LogP contribution is -2.43. The number of aliphatic imine (C=N–C) groups is 2. The van der Waals surface area contributed by atoms with Crippen LogP contribution in [0.15, 0.2) is 34.3 Å². The fourth-order valence-corrected chi connectivity index (χ4v) is 1.58. The van der Waals surface area contributed by atoms with Gasteiger partial charge in [0.05, 0.1) is 6.34 Å². The van der Waals surface area contributed by atoms with Gasteiger partial charge in [0, 0.05) is 10.7 Å². The molecule has 3 nitrogen and oxygen atoms in total. The van der Waals surface area contributed by atoms with E-state index in [1.54, 1.807) is 12.7 Å². The lowest BCUT2D eigenvalue weighted by molar-refractivity contribution is 0.545. The van der Waals surface area contributed by atoms with E-state index < -0.39 is 0 Å². The molecule has 15 heavy (non-hydrogen) atoms. The predicted molar refractivity (Wildman–Crippen MR) is 65.0 cm³/mol. The van der Waals surface area contributed by atoms with E-state index in [0.29, 0.717) is 0 Å². The van der Waals surface area contributed by atoms with Crippen LogP contribution < -0.4 is 4.90 Å². The molecule has 0 aromatic heterocycles. The third-order valence-electron chi connectivity index (χ3n) is 2.32. The molecule has 0 unspecified atom stereocenters. The second kappa shape index (κ2) is 3.66. The number of benzene rings is 1. The summed E-state index contributed by atoms with van der Waals surface area (Å²) in [6.07, 6.45) is 3.35. The van der Waals surface area contributed by atoms with Crippen molar-refractivity contribution in [2.24, 2.45) is 9.98 Å². The fraction of sp³-hybridized carbons (Fsp3) is 0.273. The van der Waals surface area contributed by atoms with Crippen molar-refractivity contribution in [2.75, 3.05) is 4.90 Å². The Kier molecular flexibility index (Phi) is 2.49. The number of hydrogen-bond donors (Lipinski definition) is 0. The first-order valence-corrected chi connectivity index (χ1v) is 5.09. The Labute approximate surface area is 94.1 Å². The maximum atomic E-state index is 5.84. The summed E-state index contributed by atoms with van der Waals surface area (Å²) in [7, 11) is 0. The first kappa shape index (κ1) is 10.2. The Morgan fingerprint density at radius 2 is 1.87 bits per heavy atom. The van der Waals surface area contributed by atoms with Crippen molar-refractivity contribution < 1.29 is 0 Å². The maximum Gasteiger partial charge on any atom is 0.133 e. The lowest BCUT2D eigenvalue weighted by atomic mass is 10.2. The molecule has 0 radical (unpaired) electrons. The molecule has 0 N–H and O–H groups in total. The summed E-state index contributed by atoms with van der Waals surface area (Å²) >= 11 is 5.84. The zero-order valence-corrected chi connectivity index (χ0v) is 9.44. The van der Waals surface area contributed by atoms with Crippen LogP contribution in [0.2, 0.25) is 5.02 Å². The quantitative estimate of drug-likeness (QED) is 0.717. The highest BCUT2D eigenvalue weighted by molar-refractivity contribution is 6.30. The number of anilines is 1. The van der Waals surface area contributed by atoms with Gasteiger partial charge in [-0.05, 0) is 38.1 Å². The summed E-state index contributed by atoms with van der Waals surface area (Å²) in [5.74, 6) is 0. The molecule has 2 rings (SSSR count). The van der Waals surface area contributed by atoms with Gasteiger partial charge < -0.3 is 4.90 Å². The molecular formula is C11H12ClN3. The molecule has 4 heteroatoms. The molecule has 0 bridgehead atoms. The summed E-state index contributed by atoms with van der Waals surface area (Å²) in [6, 6.07) is 7.63.